The number of phenolic OH excluding ortho intramolecular Hbond substituents is 1. The average molecular weight is 268 g/mol. The summed E-state index contributed by atoms with van der Waals surface area (Å²) in [6, 6.07) is 12.7. The smallest absolute Gasteiger partial charge is 0.422 e. The fraction of sp³-hybridized carbons (Fsp3) is 0.143. The van der Waals surface area contributed by atoms with Crippen LogP contribution in [0.15, 0.2) is 48.5 Å². The predicted molar refractivity (Wildman–Crippen MR) is 65.1 cm³/mol. The van der Waals surface area contributed by atoms with Gasteiger partial charge in [0, 0.05) is 5.56 Å². The molecule has 2 rings (SSSR count). The molecule has 0 bridgehead atoms. The first-order valence-corrected chi connectivity index (χ1v) is 5.54. The maximum atomic E-state index is 12.2. The van der Waals surface area contributed by atoms with Crippen LogP contribution in [0.5, 0.6) is 11.5 Å². The zero-order valence-electron chi connectivity index (χ0n) is 9.82. The lowest BCUT2D eigenvalue weighted by molar-refractivity contribution is -0.153. The van der Waals surface area contributed by atoms with Crippen LogP contribution in [0.2, 0.25) is 0 Å². The van der Waals surface area contributed by atoms with Gasteiger partial charge < -0.3 is 9.84 Å². The van der Waals surface area contributed by atoms with Gasteiger partial charge in [-0.05, 0) is 23.8 Å². The average Bonchev–Trinajstić information content (AvgIpc) is 2.36. The fourth-order valence-corrected chi connectivity index (χ4v) is 1.66. The predicted octanol–water partition coefficient (Wildman–Crippen LogP) is 4.00. The molecule has 0 aliphatic heterocycles. The van der Waals surface area contributed by atoms with Crippen molar-refractivity contribution in [1.29, 1.82) is 0 Å². The quantitative estimate of drug-likeness (QED) is 0.911. The summed E-state index contributed by atoms with van der Waals surface area (Å²) in [7, 11) is 0. The number of rotatable bonds is 3. The highest BCUT2D eigenvalue weighted by Gasteiger charge is 2.28. The van der Waals surface area contributed by atoms with Crippen LogP contribution >= 0.6 is 0 Å². The highest BCUT2D eigenvalue weighted by molar-refractivity contribution is 5.71. The van der Waals surface area contributed by atoms with Crippen LogP contribution in [0.3, 0.4) is 0 Å². The van der Waals surface area contributed by atoms with Gasteiger partial charge in [0.1, 0.15) is 11.5 Å². The Hall–Kier alpha value is -2.17. The van der Waals surface area contributed by atoms with E-state index >= 15 is 0 Å². The molecule has 2 nitrogen and oxygen atoms in total. The van der Waals surface area contributed by atoms with Crippen LogP contribution in [0, 0.1) is 0 Å². The molecule has 0 fully saturated rings. The van der Waals surface area contributed by atoms with Crippen molar-refractivity contribution in [2.24, 2.45) is 0 Å². The third kappa shape index (κ3) is 3.64. The normalized spacial score (nSPS) is 11.3. The van der Waals surface area contributed by atoms with Gasteiger partial charge >= 0.3 is 6.18 Å². The van der Waals surface area contributed by atoms with Crippen LogP contribution in [-0.2, 0) is 0 Å². The van der Waals surface area contributed by atoms with Crippen molar-refractivity contribution in [3.63, 3.8) is 0 Å². The fourth-order valence-electron chi connectivity index (χ4n) is 1.66. The number of benzene rings is 2. The van der Waals surface area contributed by atoms with Crippen LogP contribution in [0.4, 0.5) is 13.2 Å². The Morgan fingerprint density at radius 2 is 1.74 bits per heavy atom. The Kier molecular flexibility index (Phi) is 3.64. The van der Waals surface area contributed by atoms with Crippen LogP contribution in [0.1, 0.15) is 0 Å². The van der Waals surface area contributed by atoms with Gasteiger partial charge in [0.2, 0.25) is 0 Å². The van der Waals surface area contributed by atoms with Gasteiger partial charge in [-0.3, -0.25) is 0 Å². The number of para-hydroxylation sites is 1. The van der Waals surface area contributed by atoms with E-state index < -0.39 is 12.8 Å². The Morgan fingerprint density at radius 3 is 2.42 bits per heavy atom. The first-order chi connectivity index (χ1) is 8.96. The van der Waals surface area contributed by atoms with Crippen molar-refractivity contribution in [2.75, 3.05) is 6.61 Å². The second-order valence-corrected chi connectivity index (χ2v) is 3.95. The van der Waals surface area contributed by atoms with Gasteiger partial charge in [0.15, 0.2) is 6.61 Å². The summed E-state index contributed by atoms with van der Waals surface area (Å²) in [5.41, 5.74) is 1.10. The van der Waals surface area contributed by atoms with Crippen molar-refractivity contribution in [3.8, 4) is 22.6 Å². The maximum absolute atomic E-state index is 12.2. The van der Waals surface area contributed by atoms with Gasteiger partial charge in [-0.2, -0.15) is 13.2 Å². The molecule has 19 heavy (non-hydrogen) atoms. The molecule has 0 heterocycles. The van der Waals surface area contributed by atoms with Gasteiger partial charge in [-0.15, -0.1) is 0 Å². The minimum absolute atomic E-state index is 0.0446. The molecule has 2 aromatic rings. The molecular weight excluding hydrogens is 257 g/mol. The monoisotopic (exact) mass is 268 g/mol. The van der Waals surface area contributed by atoms with Crippen molar-refractivity contribution < 1.29 is 23.0 Å². The van der Waals surface area contributed by atoms with Gasteiger partial charge in [0.25, 0.3) is 0 Å². The molecule has 0 amide bonds. The molecule has 0 saturated carbocycles. The molecule has 100 valence electrons. The SMILES string of the molecule is Oc1cccc(-c2ccccc2OCC(F)(F)F)c1. The maximum Gasteiger partial charge on any atom is 0.422 e. The van der Waals surface area contributed by atoms with E-state index in [0.29, 0.717) is 11.1 Å². The molecule has 0 saturated heterocycles. The Morgan fingerprint density at radius 1 is 1.00 bits per heavy atom. The second-order valence-electron chi connectivity index (χ2n) is 3.95. The Balaban J connectivity index is 2.31. The van der Waals surface area contributed by atoms with E-state index in [1.807, 2.05) is 0 Å². The minimum Gasteiger partial charge on any atom is -0.508 e. The van der Waals surface area contributed by atoms with Gasteiger partial charge in [-0.1, -0.05) is 30.3 Å². The summed E-state index contributed by atoms with van der Waals surface area (Å²) in [4.78, 5) is 0. The molecule has 0 aromatic heterocycles. The van der Waals surface area contributed by atoms with E-state index in [1.54, 1.807) is 30.3 Å². The molecule has 0 atom stereocenters. The van der Waals surface area contributed by atoms with Crippen molar-refractivity contribution in [3.05, 3.63) is 48.5 Å². The zero-order chi connectivity index (χ0) is 13.9. The van der Waals surface area contributed by atoms with E-state index in [1.165, 1.54) is 18.2 Å². The third-order valence-electron chi connectivity index (χ3n) is 2.44. The van der Waals surface area contributed by atoms with Crippen molar-refractivity contribution >= 4 is 0 Å². The van der Waals surface area contributed by atoms with Crippen LogP contribution in [0.25, 0.3) is 11.1 Å². The lowest BCUT2D eigenvalue weighted by atomic mass is 10.0. The molecule has 0 aliphatic rings. The molecule has 0 unspecified atom stereocenters. The summed E-state index contributed by atoms with van der Waals surface area (Å²) >= 11 is 0. The third-order valence-corrected chi connectivity index (χ3v) is 2.44. The summed E-state index contributed by atoms with van der Waals surface area (Å²) < 4.78 is 41.3. The summed E-state index contributed by atoms with van der Waals surface area (Å²) in [6.07, 6.45) is -4.38. The van der Waals surface area contributed by atoms with E-state index in [4.69, 9.17) is 4.74 Å². The molecule has 2 aromatic carbocycles. The number of aromatic hydroxyl groups is 1. The van der Waals surface area contributed by atoms with Gasteiger partial charge in [-0.25, -0.2) is 0 Å². The van der Waals surface area contributed by atoms with Crippen LogP contribution < -0.4 is 4.74 Å². The van der Waals surface area contributed by atoms with Crippen molar-refractivity contribution in [2.45, 2.75) is 6.18 Å². The van der Waals surface area contributed by atoms with Gasteiger partial charge in [0.05, 0.1) is 0 Å². The molecule has 1 N–H and O–H groups in total. The lowest BCUT2D eigenvalue weighted by Gasteiger charge is -2.13. The standard InChI is InChI=1S/C14H11F3O2/c15-14(16,17)9-19-13-7-2-1-6-12(13)10-4-3-5-11(18)8-10/h1-8,18H,9H2. The molecule has 0 aliphatic carbocycles. The lowest BCUT2D eigenvalue weighted by Crippen LogP contribution is -2.19. The summed E-state index contributed by atoms with van der Waals surface area (Å²) in [6.45, 7) is -1.34. The molecule has 0 spiro atoms. The molecular formula is C14H11F3O2. The number of ether oxygens (including phenoxy) is 1. The number of halogens is 3. The largest absolute Gasteiger partial charge is 0.508 e. The Labute approximate surface area is 108 Å². The number of hydrogen-bond donors (Lipinski definition) is 1. The number of hydrogen-bond acceptors (Lipinski definition) is 2. The minimum atomic E-state index is -4.38. The Bertz CT molecular complexity index is 565. The van der Waals surface area contributed by atoms with E-state index in [0.717, 1.165) is 0 Å². The highest BCUT2D eigenvalue weighted by atomic mass is 19.4. The number of phenols is 1. The van der Waals surface area contributed by atoms with E-state index in [2.05, 4.69) is 0 Å². The zero-order valence-corrected chi connectivity index (χ0v) is 9.82. The van der Waals surface area contributed by atoms with E-state index in [9.17, 15) is 18.3 Å². The first kappa shape index (κ1) is 13.3. The van der Waals surface area contributed by atoms with E-state index in [-0.39, 0.29) is 11.5 Å². The van der Waals surface area contributed by atoms with Crippen LogP contribution in [-0.4, -0.2) is 17.9 Å². The highest BCUT2D eigenvalue weighted by Crippen LogP contribution is 2.32. The second kappa shape index (κ2) is 5.22. The summed E-state index contributed by atoms with van der Waals surface area (Å²) in [5, 5.41) is 9.40. The van der Waals surface area contributed by atoms with Crippen molar-refractivity contribution in [1.82, 2.24) is 0 Å². The summed E-state index contributed by atoms with van der Waals surface area (Å²) in [5.74, 6) is 0.175. The topological polar surface area (TPSA) is 29.5 Å². The first-order valence-electron chi connectivity index (χ1n) is 5.54. The number of alkyl halides is 3. The molecule has 0 radical (unpaired) electrons. The molecule has 5 heteroatoms.